The number of carbonyl (C=O) groups excluding carboxylic acids is 2. The normalized spacial score (nSPS) is 10.8. The Morgan fingerprint density at radius 3 is 2.66 bits per heavy atom. The highest BCUT2D eigenvalue weighted by atomic mass is 32.2. The highest BCUT2D eigenvalue weighted by molar-refractivity contribution is 7.99. The van der Waals surface area contributed by atoms with Crippen LogP contribution in [0, 0.1) is 13.8 Å². The van der Waals surface area contributed by atoms with Crippen molar-refractivity contribution in [2.24, 2.45) is 7.05 Å². The van der Waals surface area contributed by atoms with E-state index in [9.17, 15) is 9.59 Å². The molecule has 0 aliphatic carbocycles. The summed E-state index contributed by atoms with van der Waals surface area (Å²) in [7, 11) is 1.85. The van der Waals surface area contributed by atoms with Crippen LogP contribution in [0.15, 0.2) is 29.7 Å². The Kier molecular flexibility index (Phi) is 6.65. The van der Waals surface area contributed by atoms with E-state index in [-0.39, 0.29) is 18.3 Å². The molecule has 1 N–H and O–H groups in total. The van der Waals surface area contributed by atoms with E-state index in [0.717, 1.165) is 16.0 Å². The Bertz CT molecular complexity index is 1030. The monoisotopic (exact) mass is 431 g/mol. The minimum Gasteiger partial charge on any atom is -0.462 e. The number of thioether (sulfide) groups is 1. The van der Waals surface area contributed by atoms with Crippen LogP contribution in [0.2, 0.25) is 0 Å². The Balaban J connectivity index is 1.68. The average Bonchev–Trinajstić information content (AvgIpc) is 3.20. The van der Waals surface area contributed by atoms with E-state index in [4.69, 9.17) is 4.74 Å². The fourth-order valence-electron chi connectivity index (χ4n) is 2.65. The highest BCUT2D eigenvalue weighted by Gasteiger charge is 2.22. The average molecular weight is 432 g/mol. The summed E-state index contributed by atoms with van der Waals surface area (Å²) in [6.45, 7) is 5.79. The standard InChI is InChI=1S/C19H21N5O3S2/c1-5-27-18(26)15-11(2)12(3)29-17(15)21-14(25)10-28-19-23-22-16(24(19)4)13-6-8-20-9-7-13/h6-9H,5,10H2,1-4H3,(H,21,25). The van der Waals surface area contributed by atoms with E-state index in [1.165, 1.54) is 23.1 Å². The summed E-state index contributed by atoms with van der Waals surface area (Å²) in [4.78, 5) is 29.7. The minimum absolute atomic E-state index is 0.139. The van der Waals surface area contributed by atoms with Crippen molar-refractivity contribution in [1.29, 1.82) is 0 Å². The van der Waals surface area contributed by atoms with Crippen LogP contribution in [0.4, 0.5) is 5.00 Å². The number of esters is 1. The molecule has 1 amide bonds. The molecule has 3 aromatic rings. The number of thiophene rings is 1. The Morgan fingerprint density at radius 2 is 1.97 bits per heavy atom. The molecule has 0 saturated carbocycles. The van der Waals surface area contributed by atoms with E-state index < -0.39 is 5.97 Å². The molecule has 0 spiro atoms. The number of aryl methyl sites for hydroxylation is 1. The number of carbonyl (C=O) groups is 2. The number of rotatable bonds is 7. The summed E-state index contributed by atoms with van der Waals surface area (Å²) in [6.07, 6.45) is 3.38. The summed E-state index contributed by atoms with van der Waals surface area (Å²) in [5.74, 6) is 0.188. The zero-order chi connectivity index (χ0) is 21.0. The van der Waals surface area contributed by atoms with E-state index in [1.54, 1.807) is 19.3 Å². The molecule has 29 heavy (non-hydrogen) atoms. The first-order chi connectivity index (χ1) is 13.9. The topological polar surface area (TPSA) is 99.0 Å². The van der Waals surface area contributed by atoms with Crippen LogP contribution < -0.4 is 5.32 Å². The van der Waals surface area contributed by atoms with Crippen molar-refractivity contribution in [3.63, 3.8) is 0 Å². The molecule has 0 bridgehead atoms. The molecule has 152 valence electrons. The molecule has 0 atom stereocenters. The fraction of sp³-hybridized carbons (Fsp3) is 0.316. The van der Waals surface area contributed by atoms with E-state index in [0.29, 0.717) is 21.5 Å². The third kappa shape index (κ3) is 4.65. The van der Waals surface area contributed by atoms with Crippen molar-refractivity contribution >= 4 is 40.0 Å². The predicted octanol–water partition coefficient (Wildman–Crippen LogP) is 3.46. The van der Waals surface area contributed by atoms with Crippen LogP contribution in [-0.4, -0.2) is 44.0 Å². The maximum absolute atomic E-state index is 12.5. The van der Waals surface area contributed by atoms with Crippen LogP contribution in [-0.2, 0) is 16.6 Å². The lowest BCUT2D eigenvalue weighted by molar-refractivity contribution is -0.113. The van der Waals surface area contributed by atoms with Gasteiger partial charge < -0.3 is 14.6 Å². The number of nitrogens with one attached hydrogen (secondary N) is 1. The molecular formula is C19H21N5O3S2. The molecule has 8 nitrogen and oxygen atoms in total. The van der Waals surface area contributed by atoms with Gasteiger partial charge in [-0.25, -0.2) is 4.79 Å². The molecule has 0 aliphatic rings. The molecule has 3 aromatic heterocycles. The molecule has 10 heteroatoms. The SMILES string of the molecule is CCOC(=O)c1c(NC(=O)CSc2nnc(-c3ccncc3)n2C)sc(C)c1C. The van der Waals surface area contributed by atoms with Gasteiger partial charge in [-0.2, -0.15) is 0 Å². The third-order valence-electron chi connectivity index (χ3n) is 4.22. The van der Waals surface area contributed by atoms with Crippen LogP contribution in [0.1, 0.15) is 27.7 Å². The van der Waals surface area contributed by atoms with Crippen molar-refractivity contribution in [3.8, 4) is 11.4 Å². The van der Waals surface area contributed by atoms with E-state index in [1.807, 2.05) is 37.6 Å². The molecular weight excluding hydrogens is 410 g/mol. The number of nitrogens with zero attached hydrogens (tertiary/aromatic N) is 4. The Labute approximate surface area is 176 Å². The zero-order valence-electron chi connectivity index (χ0n) is 16.6. The van der Waals surface area contributed by atoms with Crippen LogP contribution in [0.5, 0.6) is 0 Å². The molecule has 0 radical (unpaired) electrons. The highest BCUT2D eigenvalue weighted by Crippen LogP contribution is 2.33. The summed E-state index contributed by atoms with van der Waals surface area (Å²) in [6, 6.07) is 3.70. The van der Waals surface area contributed by atoms with Crippen LogP contribution >= 0.6 is 23.1 Å². The first kappa shape index (κ1) is 21.0. The number of amides is 1. The quantitative estimate of drug-likeness (QED) is 0.452. The number of hydrogen-bond donors (Lipinski definition) is 1. The number of anilines is 1. The second-order valence-electron chi connectivity index (χ2n) is 6.15. The van der Waals surface area contributed by atoms with E-state index in [2.05, 4.69) is 20.5 Å². The van der Waals surface area contributed by atoms with Gasteiger partial charge in [0.05, 0.1) is 17.9 Å². The lowest BCUT2D eigenvalue weighted by Crippen LogP contribution is -2.16. The van der Waals surface area contributed by atoms with Gasteiger partial charge in [-0.05, 0) is 38.5 Å². The van der Waals surface area contributed by atoms with Crippen molar-refractivity contribution in [1.82, 2.24) is 19.7 Å². The zero-order valence-corrected chi connectivity index (χ0v) is 18.2. The lowest BCUT2D eigenvalue weighted by Gasteiger charge is -2.07. The number of hydrogen-bond acceptors (Lipinski definition) is 8. The molecule has 0 aromatic carbocycles. The summed E-state index contributed by atoms with van der Waals surface area (Å²) < 4.78 is 6.95. The van der Waals surface area contributed by atoms with E-state index >= 15 is 0 Å². The van der Waals surface area contributed by atoms with Gasteiger partial charge >= 0.3 is 5.97 Å². The number of ether oxygens (including phenoxy) is 1. The fourth-order valence-corrected chi connectivity index (χ4v) is 4.43. The summed E-state index contributed by atoms with van der Waals surface area (Å²) in [5.41, 5.74) is 2.15. The van der Waals surface area contributed by atoms with Gasteiger partial charge in [-0.3, -0.25) is 9.78 Å². The van der Waals surface area contributed by atoms with Crippen LogP contribution in [0.25, 0.3) is 11.4 Å². The van der Waals surface area contributed by atoms with Gasteiger partial charge in [-0.15, -0.1) is 21.5 Å². The van der Waals surface area contributed by atoms with Crippen molar-refractivity contribution < 1.29 is 14.3 Å². The summed E-state index contributed by atoms with van der Waals surface area (Å²) in [5, 5.41) is 12.3. The molecule has 3 heterocycles. The summed E-state index contributed by atoms with van der Waals surface area (Å²) >= 11 is 2.64. The Hall–Kier alpha value is -2.72. The van der Waals surface area contributed by atoms with Crippen molar-refractivity contribution in [2.45, 2.75) is 25.9 Å². The van der Waals surface area contributed by atoms with Gasteiger partial charge in [0.2, 0.25) is 5.91 Å². The number of pyridine rings is 1. The van der Waals surface area contributed by atoms with Gasteiger partial charge in [0, 0.05) is 29.9 Å². The third-order valence-corrected chi connectivity index (χ3v) is 6.37. The van der Waals surface area contributed by atoms with Gasteiger partial charge in [-0.1, -0.05) is 11.8 Å². The first-order valence-corrected chi connectivity index (χ1v) is 10.7. The molecule has 0 unspecified atom stereocenters. The van der Waals surface area contributed by atoms with Gasteiger partial charge in [0.15, 0.2) is 11.0 Å². The van der Waals surface area contributed by atoms with Gasteiger partial charge in [0.1, 0.15) is 5.00 Å². The minimum atomic E-state index is -0.424. The van der Waals surface area contributed by atoms with Crippen molar-refractivity contribution in [3.05, 3.63) is 40.5 Å². The molecule has 0 aliphatic heterocycles. The van der Waals surface area contributed by atoms with Gasteiger partial charge in [0.25, 0.3) is 0 Å². The molecule has 3 rings (SSSR count). The maximum Gasteiger partial charge on any atom is 0.341 e. The first-order valence-electron chi connectivity index (χ1n) is 8.91. The smallest absolute Gasteiger partial charge is 0.341 e. The second-order valence-corrected chi connectivity index (χ2v) is 8.31. The maximum atomic E-state index is 12.5. The molecule has 0 fully saturated rings. The van der Waals surface area contributed by atoms with Crippen LogP contribution in [0.3, 0.4) is 0 Å². The predicted molar refractivity (Wildman–Crippen MR) is 113 cm³/mol. The number of aromatic nitrogens is 4. The largest absolute Gasteiger partial charge is 0.462 e. The lowest BCUT2D eigenvalue weighted by atomic mass is 10.1. The second kappa shape index (κ2) is 9.19. The molecule has 0 saturated heterocycles. The Morgan fingerprint density at radius 1 is 1.24 bits per heavy atom. The van der Waals surface area contributed by atoms with Crippen molar-refractivity contribution in [2.75, 3.05) is 17.7 Å².